The maximum absolute atomic E-state index is 12.9. The summed E-state index contributed by atoms with van der Waals surface area (Å²) in [6.45, 7) is 3.26. The van der Waals surface area contributed by atoms with Crippen LogP contribution in [0.5, 0.6) is 23.0 Å². The Balaban J connectivity index is 1.32. The summed E-state index contributed by atoms with van der Waals surface area (Å²) in [5.74, 6) is 2.05. The number of fused-ring (bicyclic) bond motifs is 1. The molecule has 1 atom stereocenters. The first-order valence-corrected chi connectivity index (χ1v) is 12.8. The Hall–Kier alpha value is -4.24. The third-order valence-electron chi connectivity index (χ3n) is 6.45. The van der Waals surface area contributed by atoms with Gasteiger partial charge in [-0.05, 0) is 79.9 Å². The number of alkyl halides is 3. The highest BCUT2D eigenvalue weighted by molar-refractivity contribution is 6.00. The van der Waals surface area contributed by atoms with E-state index in [2.05, 4.69) is 10.6 Å². The molecule has 0 spiro atoms. The number of ether oxygens (including phenoxy) is 3. The van der Waals surface area contributed by atoms with E-state index in [1.807, 2.05) is 31.2 Å². The zero-order chi connectivity index (χ0) is 28.7. The van der Waals surface area contributed by atoms with Crippen LogP contribution in [0.2, 0.25) is 0 Å². The van der Waals surface area contributed by atoms with Crippen LogP contribution in [0.4, 0.5) is 13.2 Å². The average molecular weight is 553 g/mol. The van der Waals surface area contributed by atoms with Crippen molar-refractivity contribution in [3.05, 3.63) is 95.6 Å². The minimum absolute atomic E-state index is 0.0669. The molecule has 0 aliphatic carbocycles. The Labute approximate surface area is 231 Å². The third kappa shape index (κ3) is 7.24. The minimum atomic E-state index is -4.41. The van der Waals surface area contributed by atoms with Crippen LogP contribution in [0.1, 0.15) is 34.8 Å². The molecule has 4 rings (SSSR count). The van der Waals surface area contributed by atoms with Gasteiger partial charge in [-0.3, -0.25) is 4.79 Å². The van der Waals surface area contributed by atoms with Crippen LogP contribution in [0, 0.1) is 0 Å². The zero-order valence-corrected chi connectivity index (χ0v) is 22.5. The van der Waals surface area contributed by atoms with Crippen molar-refractivity contribution in [3.63, 3.8) is 0 Å². The molecule has 4 aromatic carbocycles. The largest absolute Gasteiger partial charge is 0.497 e. The Bertz CT molecular complexity index is 1460. The molecule has 6 nitrogen and oxygen atoms in total. The van der Waals surface area contributed by atoms with Crippen molar-refractivity contribution in [2.75, 3.05) is 20.8 Å². The number of nitrogens with one attached hydrogen (secondary N) is 2. The molecule has 0 unspecified atom stereocenters. The number of hydrogen-bond donors (Lipinski definition) is 2. The van der Waals surface area contributed by atoms with E-state index in [4.69, 9.17) is 14.2 Å². The molecule has 0 bridgehead atoms. The topological polar surface area (TPSA) is 68.8 Å². The van der Waals surface area contributed by atoms with Gasteiger partial charge in [-0.15, -0.1) is 0 Å². The van der Waals surface area contributed by atoms with Gasteiger partial charge < -0.3 is 24.8 Å². The number of hydrogen-bond acceptors (Lipinski definition) is 5. The van der Waals surface area contributed by atoms with Gasteiger partial charge in [0.1, 0.15) is 23.0 Å². The summed E-state index contributed by atoms with van der Waals surface area (Å²) in [5.41, 5.74) is 0.774. The van der Waals surface area contributed by atoms with Gasteiger partial charge in [0, 0.05) is 35.2 Å². The molecule has 0 radical (unpaired) electrons. The summed E-state index contributed by atoms with van der Waals surface area (Å²) in [6, 6.07) is 20.8. The Kier molecular flexibility index (Phi) is 9.16. The van der Waals surface area contributed by atoms with Gasteiger partial charge in [0.05, 0.1) is 19.8 Å². The summed E-state index contributed by atoms with van der Waals surface area (Å²) in [4.78, 5) is 12.9. The summed E-state index contributed by atoms with van der Waals surface area (Å²) in [6.07, 6.45) is -3.68. The molecule has 1 amide bonds. The lowest BCUT2D eigenvalue weighted by atomic mass is 10.1. The Morgan fingerprint density at radius 3 is 2.33 bits per heavy atom. The maximum Gasteiger partial charge on any atom is 0.416 e. The highest BCUT2D eigenvalue weighted by Crippen LogP contribution is 2.34. The fourth-order valence-electron chi connectivity index (χ4n) is 4.24. The first-order valence-electron chi connectivity index (χ1n) is 12.8. The second-order valence-electron chi connectivity index (χ2n) is 9.33. The Morgan fingerprint density at radius 2 is 1.62 bits per heavy atom. The summed E-state index contributed by atoms with van der Waals surface area (Å²) < 4.78 is 55.0. The smallest absolute Gasteiger partial charge is 0.416 e. The van der Waals surface area contributed by atoms with Crippen LogP contribution in [-0.2, 0) is 12.7 Å². The van der Waals surface area contributed by atoms with Crippen molar-refractivity contribution in [2.45, 2.75) is 32.1 Å². The highest BCUT2D eigenvalue weighted by atomic mass is 19.4. The molecule has 2 N–H and O–H groups in total. The summed E-state index contributed by atoms with van der Waals surface area (Å²) in [7, 11) is 3.23. The van der Waals surface area contributed by atoms with Crippen LogP contribution in [-0.4, -0.2) is 32.7 Å². The SMILES string of the molecule is COc1ccc(CNCC[C@@H](C)NC(=O)c2ccc3c(Oc4ccc(C(F)(F)F)cc4)cccc3c2)c(OC)c1. The lowest BCUT2D eigenvalue weighted by Gasteiger charge is -2.16. The van der Waals surface area contributed by atoms with Crippen LogP contribution in [0.15, 0.2) is 78.9 Å². The second kappa shape index (κ2) is 12.7. The van der Waals surface area contributed by atoms with Gasteiger partial charge in [0.25, 0.3) is 5.91 Å². The fraction of sp³-hybridized carbons (Fsp3) is 0.258. The third-order valence-corrected chi connectivity index (χ3v) is 6.45. The molecule has 210 valence electrons. The van der Waals surface area contributed by atoms with Gasteiger partial charge in [0.15, 0.2) is 0 Å². The predicted octanol–water partition coefficient (Wildman–Crippen LogP) is 6.97. The lowest BCUT2D eigenvalue weighted by Crippen LogP contribution is -2.34. The average Bonchev–Trinajstić information content (AvgIpc) is 2.95. The number of halogens is 3. The predicted molar refractivity (Wildman–Crippen MR) is 148 cm³/mol. The lowest BCUT2D eigenvalue weighted by molar-refractivity contribution is -0.137. The molecule has 0 aliphatic rings. The molecule has 0 saturated heterocycles. The van der Waals surface area contributed by atoms with E-state index >= 15 is 0 Å². The van der Waals surface area contributed by atoms with E-state index < -0.39 is 11.7 Å². The summed E-state index contributed by atoms with van der Waals surface area (Å²) in [5, 5.41) is 7.92. The molecule has 0 aromatic heterocycles. The van der Waals surface area contributed by atoms with Crippen molar-refractivity contribution in [3.8, 4) is 23.0 Å². The van der Waals surface area contributed by atoms with E-state index in [1.165, 1.54) is 12.1 Å². The van der Waals surface area contributed by atoms with E-state index in [0.29, 0.717) is 24.4 Å². The van der Waals surface area contributed by atoms with Gasteiger partial charge >= 0.3 is 6.18 Å². The highest BCUT2D eigenvalue weighted by Gasteiger charge is 2.30. The number of benzene rings is 4. The molecule has 0 saturated carbocycles. The second-order valence-corrected chi connectivity index (χ2v) is 9.33. The van der Waals surface area contributed by atoms with E-state index in [-0.39, 0.29) is 17.7 Å². The molecular weight excluding hydrogens is 521 g/mol. The van der Waals surface area contributed by atoms with E-state index in [9.17, 15) is 18.0 Å². The normalized spacial score (nSPS) is 12.2. The van der Waals surface area contributed by atoms with Crippen LogP contribution in [0.3, 0.4) is 0 Å². The Morgan fingerprint density at radius 1 is 0.875 bits per heavy atom. The minimum Gasteiger partial charge on any atom is -0.497 e. The fourth-order valence-corrected chi connectivity index (χ4v) is 4.24. The zero-order valence-electron chi connectivity index (χ0n) is 22.5. The van der Waals surface area contributed by atoms with Gasteiger partial charge in [0.2, 0.25) is 0 Å². The van der Waals surface area contributed by atoms with Crippen LogP contribution >= 0.6 is 0 Å². The number of amides is 1. The maximum atomic E-state index is 12.9. The molecule has 4 aromatic rings. The molecule has 40 heavy (non-hydrogen) atoms. The van der Waals surface area contributed by atoms with Gasteiger partial charge in [-0.1, -0.05) is 18.2 Å². The molecule has 0 fully saturated rings. The monoisotopic (exact) mass is 552 g/mol. The molecule has 0 aliphatic heterocycles. The van der Waals surface area contributed by atoms with Crippen molar-refractivity contribution >= 4 is 16.7 Å². The van der Waals surface area contributed by atoms with Gasteiger partial charge in [-0.25, -0.2) is 0 Å². The quantitative estimate of drug-likeness (QED) is 0.197. The number of carbonyl (C=O) groups excluding carboxylic acids is 1. The molecule has 9 heteroatoms. The molecule has 0 heterocycles. The van der Waals surface area contributed by atoms with E-state index in [1.54, 1.807) is 44.6 Å². The summed E-state index contributed by atoms with van der Waals surface area (Å²) >= 11 is 0. The van der Waals surface area contributed by atoms with Crippen molar-refractivity contribution < 1.29 is 32.2 Å². The number of methoxy groups -OCH3 is 2. The number of rotatable bonds is 11. The first kappa shape index (κ1) is 28.8. The van der Waals surface area contributed by atoms with Crippen LogP contribution in [0.25, 0.3) is 10.8 Å². The van der Waals surface area contributed by atoms with E-state index in [0.717, 1.165) is 46.4 Å². The van der Waals surface area contributed by atoms with Gasteiger partial charge in [-0.2, -0.15) is 13.2 Å². The first-order chi connectivity index (χ1) is 19.2. The number of carbonyl (C=O) groups is 1. The van der Waals surface area contributed by atoms with Crippen molar-refractivity contribution in [1.82, 2.24) is 10.6 Å². The standard InChI is InChI=1S/C31H31F3N2O4/c1-20(15-16-35-19-23-7-11-26(38-2)18-29(23)39-3)36-30(37)22-8-14-27-21(17-22)5-4-6-28(27)40-25-12-9-24(10-13-25)31(32,33)34/h4-14,17-18,20,35H,15-16,19H2,1-3H3,(H,36,37)/t20-/m1/s1. The van der Waals surface area contributed by atoms with Crippen LogP contribution < -0.4 is 24.8 Å². The van der Waals surface area contributed by atoms with Crippen molar-refractivity contribution in [2.24, 2.45) is 0 Å². The van der Waals surface area contributed by atoms with Crippen molar-refractivity contribution in [1.29, 1.82) is 0 Å². The molecular formula is C31H31F3N2O4.